The molecule has 0 bridgehead atoms. The van der Waals surface area contributed by atoms with E-state index in [0.717, 1.165) is 22.4 Å². The van der Waals surface area contributed by atoms with Gasteiger partial charge in [0.25, 0.3) is 0 Å². The number of pyridine rings is 1. The molecule has 0 saturated heterocycles. The van der Waals surface area contributed by atoms with Gasteiger partial charge in [-0.25, -0.2) is 9.78 Å². The second kappa shape index (κ2) is 10.6. The predicted octanol–water partition coefficient (Wildman–Crippen LogP) is 4.86. The molecule has 1 unspecified atom stereocenters. The SMILES string of the molecule is CC(=O)N1CCC(Nc2cccc(F)n2)c2cc(-c3cnn(CCN(C)C(=O)OC(C)(C)C)c3)ccc21. The van der Waals surface area contributed by atoms with Crippen LogP contribution in [0.25, 0.3) is 11.1 Å². The molecule has 9 nitrogen and oxygen atoms in total. The van der Waals surface area contributed by atoms with Gasteiger partial charge in [0, 0.05) is 44.5 Å². The zero-order valence-corrected chi connectivity index (χ0v) is 21.9. The zero-order chi connectivity index (χ0) is 26.7. The first-order chi connectivity index (χ1) is 17.5. The minimum Gasteiger partial charge on any atom is -0.444 e. The largest absolute Gasteiger partial charge is 0.444 e. The number of benzene rings is 1. The number of nitrogens with zero attached hydrogens (tertiary/aromatic N) is 5. The Bertz CT molecular complexity index is 1290. The van der Waals surface area contributed by atoms with E-state index in [-0.39, 0.29) is 18.0 Å². The molecule has 37 heavy (non-hydrogen) atoms. The van der Waals surface area contributed by atoms with Crippen molar-refractivity contribution >= 4 is 23.5 Å². The van der Waals surface area contributed by atoms with Crippen LogP contribution in [0.1, 0.15) is 45.7 Å². The summed E-state index contributed by atoms with van der Waals surface area (Å²) >= 11 is 0. The molecule has 196 valence electrons. The average Bonchev–Trinajstić information content (AvgIpc) is 3.30. The van der Waals surface area contributed by atoms with Crippen LogP contribution in [0.15, 0.2) is 48.8 Å². The predicted molar refractivity (Wildman–Crippen MR) is 140 cm³/mol. The molecule has 4 rings (SSSR count). The summed E-state index contributed by atoms with van der Waals surface area (Å²) in [5, 5.41) is 7.78. The van der Waals surface area contributed by atoms with Crippen molar-refractivity contribution in [1.82, 2.24) is 19.7 Å². The summed E-state index contributed by atoms with van der Waals surface area (Å²) < 4.78 is 20.8. The van der Waals surface area contributed by atoms with E-state index < -0.39 is 11.5 Å². The molecule has 1 aromatic carbocycles. The third kappa shape index (κ3) is 6.44. The second-order valence-electron chi connectivity index (χ2n) is 10.2. The molecular formula is C27H33FN6O3. The van der Waals surface area contributed by atoms with E-state index in [1.807, 2.05) is 45.2 Å². The number of carbonyl (C=O) groups excluding carboxylic acids is 2. The minimum atomic E-state index is -0.551. The fourth-order valence-corrected chi connectivity index (χ4v) is 4.26. The quantitative estimate of drug-likeness (QED) is 0.478. The van der Waals surface area contributed by atoms with Crippen LogP contribution in [0, 0.1) is 5.95 Å². The van der Waals surface area contributed by atoms with Crippen molar-refractivity contribution < 1.29 is 18.7 Å². The van der Waals surface area contributed by atoms with E-state index in [0.29, 0.717) is 31.9 Å². The molecule has 3 heterocycles. The third-order valence-electron chi connectivity index (χ3n) is 6.09. The molecule has 2 aromatic heterocycles. The van der Waals surface area contributed by atoms with Gasteiger partial charge in [0.2, 0.25) is 11.9 Å². The standard InChI is InChI=1S/C27H33FN6O3/c1-18(35)34-12-11-22(30-25-8-6-7-24(28)31-25)21-15-19(9-10-23(21)34)20-16-29-33(17-20)14-13-32(5)26(36)37-27(2,3)4/h6-10,15-17,22H,11-14H2,1-5H3,(H,30,31). The van der Waals surface area contributed by atoms with E-state index in [9.17, 15) is 14.0 Å². The van der Waals surface area contributed by atoms with Gasteiger partial charge >= 0.3 is 6.09 Å². The molecule has 1 N–H and O–H groups in total. The van der Waals surface area contributed by atoms with Gasteiger partial charge in [-0.3, -0.25) is 9.48 Å². The Labute approximate surface area is 216 Å². The van der Waals surface area contributed by atoms with Crippen molar-refractivity contribution in [3.05, 3.63) is 60.3 Å². The maximum absolute atomic E-state index is 13.7. The molecule has 0 radical (unpaired) electrons. The highest BCUT2D eigenvalue weighted by atomic mass is 19.1. The molecule has 2 amide bonds. The number of ether oxygens (including phenoxy) is 1. The normalized spacial score (nSPS) is 15.2. The Morgan fingerprint density at radius 3 is 2.70 bits per heavy atom. The Balaban J connectivity index is 1.53. The van der Waals surface area contributed by atoms with E-state index in [1.54, 1.807) is 41.9 Å². The fraction of sp³-hybridized carbons (Fsp3) is 0.407. The number of likely N-dealkylation sites (N-methyl/N-ethyl adjacent to an activating group) is 1. The van der Waals surface area contributed by atoms with Crippen LogP contribution < -0.4 is 10.2 Å². The molecule has 0 aliphatic carbocycles. The molecule has 10 heteroatoms. The monoisotopic (exact) mass is 508 g/mol. The number of nitrogens with one attached hydrogen (secondary N) is 1. The van der Waals surface area contributed by atoms with E-state index >= 15 is 0 Å². The number of aromatic nitrogens is 3. The number of halogens is 1. The first-order valence-corrected chi connectivity index (χ1v) is 12.3. The van der Waals surface area contributed by atoms with Crippen molar-refractivity contribution in [2.45, 2.75) is 52.3 Å². The van der Waals surface area contributed by atoms with Crippen molar-refractivity contribution in [3.8, 4) is 11.1 Å². The first kappa shape index (κ1) is 26.1. The number of rotatable bonds is 6. The van der Waals surface area contributed by atoms with Gasteiger partial charge < -0.3 is 19.9 Å². The smallest absolute Gasteiger partial charge is 0.410 e. The van der Waals surface area contributed by atoms with Gasteiger partial charge in [-0.05, 0) is 62.6 Å². The molecule has 0 spiro atoms. The van der Waals surface area contributed by atoms with Crippen LogP contribution in [-0.4, -0.2) is 57.4 Å². The number of anilines is 2. The Morgan fingerprint density at radius 2 is 2.00 bits per heavy atom. The lowest BCUT2D eigenvalue weighted by atomic mass is 9.93. The highest BCUT2D eigenvalue weighted by Crippen LogP contribution is 2.38. The fourth-order valence-electron chi connectivity index (χ4n) is 4.26. The van der Waals surface area contributed by atoms with Crippen LogP contribution in [0.3, 0.4) is 0 Å². The highest BCUT2D eigenvalue weighted by Gasteiger charge is 2.28. The molecule has 0 saturated carbocycles. The number of fused-ring (bicyclic) bond motifs is 1. The minimum absolute atomic E-state index is 0.0294. The van der Waals surface area contributed by atoms with E-state index in [1.165, 1.54) is 11.0 Å². The zero-order valence-electron chi connectivity index (χ0n) is 21.9. The van der Waals surface area contributed by atoms with E-state index in [2.05, 4.69) is 15.4 Å². The van der Waals surface area contributed by atoms with Crippen LogP contribution in [-0.2, 0) is 16.1 Å². The maximum atomic E-state index is 13.7. The van der Waals surface area contributed by atoms with Gasteiger partial charge in [0.05, 0.1) is 18.8 Å². The van der Waals surface area contributed by atoms with Gasteiger partial charge in [0.1, 0.15) is 11.4 Å². The van der Waals surface area contributed by atoms with Gasteiger partial charge in [-0.2, -0.15) is 9.49 Å². The van der Waals surface area contributed by atoms with Crippen molar-refractivity contribution in [1.29, 1.82) is 0 Å². The van der Waals surface area contributed by atoms with Gasteiger partial charge in [-0.1, -0.05) is 12.1 Å². The lowest BCUT2D eigenvalue weighted by Crippen LogP contribution is -2.36. The lowest BCUT2D eigenvalue weighted by Gasteiger charge is -2.34. The third-order valence-corrected chi connectivity index (χ3v) is 6.09. The molecule has 1 aliphatic heterocycles. The summed E-state index contributed by atoms with van der Waals surface area (Å²) in [6, 6.07) is 10.4. The molecular weight excluding hydrogens is 475 g/mol. The highest BCUT2D eigenvalue weighted by molar-refractivity contribution is 5.93. The van der Waals surface area contributed by atoms with E-state index in [4.69, 9.17) is 4.74 Å². The molecule has 1 atom stereocenters. The topological polar surface area (TPSA) is 92.6 Å². The Hall–Kier alpha value is -3.95. The molecule has 0 fully saturated rings. The van der Waals surface area contributed by atoms with Crippen LogP contribution in [0.2, 0.25) is 0 Å². The molecule has 3 aromatic rings. The number of hydrogen-bond donors (Lipinski definition) is 1. The van der Waals surface area contributed by atoms with Crippen LogP contribution in [0.4, 0.5) is 20.7 Å². The van der Waals surface area contributed by atoms with Crippen molar-refractivity contribution in [2.24, 2.45) is 0 Å². The summed E-state index contributed by atoms with van der Waals surface area (Å²) in [5.41, 5.74) is 3.05. The van der Waals surface area contributed by atoms with Crippen molar-refractivity contribution in [3.63, 3.8) is 0 Å². The van der Waals surface area contributed by atoms with Gasteiger partial charge in [0.15, 0.2) is 0 Å². The summed E-state index contributed by atoms with van der Waals surface area (Å²) in [7, 11) is 1.70. The van der Waals surface area contributed by atoms with Crippen LogP contribution >= 0.6 is 0 Å². The first-order valence-electron chi connectivity index (χ1n) is 12.3. The number of hydrogen-bond acceptors (Lipinski definition) is 6. The van der Waals surface area contributed by atoms with Crippen molar-refractivity contribution in [2.75, 3.05) is 30.4 Å². The Morgan fingerprint density at radius 1 is 1.22 bits per heavy atom. The lowest BCUT2D eigenvalue weighted by molar-refractivity contribution is -0.116. The maximum Gasteiger partial charge on any atom is 0.410 e. The number of carbonyl (C=O) groups is 2. The average molecular weight is 509 g/mol. The summed E-state index contributed by atoms with van der Waals surface area (Å²) in [5.74, 6) is -0.136. The van der Waals surface area contributed by atoms with Crippen LogP contribution in [0.5, 0.6) is 0 Å². The summed E-state index contributed by atoms with van der Waals surface area (Å²) in [6.45, 7) is 8.56. The van der Waals surface area contributed by atoms with Gasteiger partial charge in [-0.15, -0.1) is 0 Å². The molecule has 1 aliphatic rings. The summed E-state index contributed by atoms with van der Waals surface area (Å²) in [4.78, 5) is 31.7. The second-order valence-corrected chi connectivity index (χ2v) is 10.2. The summed E-state index contributed by atoms with van der Waals surface area (Å²) in [6.07, 6.45) is 3.98. The Kier molecular flexibility index (Phi) is 7.47. The number of amides is 2.